The minimum absolute atomic E-state index is 0.00300. The minimum atomic E-state index is -4.48. The fraction of sp³-hybridized carbons (Fsp3) is 0.500. The maximum absolute atomic E-state index is 12.8. The van der Waals surface area contributed by atoms with E-state index in [0.717, 1.165) is 0 Å². The van der Waals surface area contributed by atoms with Crippen molar-refractivity contribution in [3.63, 3.8) is 0 Å². The zero-order valence-electron chi connectivity index (χ0n) is 43.1. The largest absolute Gasteiger partial charge is 0.394 e. The number of imidazole rings is 4. The van der Waals surface area contributed by atoms with Crippen molar-refractivity contribution in [1.82, 2.24) is 78.1 Å². The zero-order valence-corrected chi connectivity index (χ0v) is 48.2. The average Bonchev–Trinajstić information content (AvgIpc) is 3.55. The highest BCUT2D eigenvalue weighted by Gasteiger charge is 2.47. The molecule has 45 heteroatoms. The van der Waals surface area contributed by atoms with Crippen LogP contribution in [0.4, 0.5) is 23.8 Å². The third-order valence-electron chi connectivity index (χ3n) is 14.0. The maximum atomic E-state index is 12.8. The lowest BCUT2D eigenvalue weighted by molar-refractivity contribution is -0.0549. The van der Waals surface area contributed by atoms with E-state index >= 15 is 0 Å². The number of ether oxygens (including phenoxy) is 4. The van der Waals surface area contributed by atoms with Gasteiger partial charge in [-0.05, 0) is 35.4 Å². The molecule has 4 fully saturated rings. The normalized spacial score (nSPS) is 28.5. The number of rotatable bonds is 20. The molecule has 0 radical (unpaired) electrons. The number of hydrogen-bond acceptors (Lipinski definition) is 31. The molecule has 0 saturated carbocycles. The van der Waals surface area contributed by atoms with Crippen LogP contribution < -0.4 is 45.2 Å². The molecule has 4 saturated heterocycles. The van der Waals surface area contributed by atoms with Crippen LogP contribution in [0.25, 0.3) is 44.7 Å². The van der Waals surface area contributed by atoms with Crippen molar-refractivity contribution in [2.45, 2.75) is 99.4 Å². The third-order valence-corrected chi connectivity index (χ3v) is 18.7. The van der Waals surface area contributed by atoms with Gasteiger partial charge >= 0.3 is 20.2 Å². The van der Waals surface area contributed by atoms with E-state index in [-0.39, 0.29) is 94.1 Å². The van der Waals surface area contributed by atoms with Crippen molar-refractivity contribution in [2.75, 3.05) is 49.4 Å². The van der Waals surface area contributed by atoms with E-state index in [4.69, 9.17) is 104 Å². The molecule has 0 bridgehead atoms. The third kappa shape index (κ3) is 12.1. The number of nitrogens with two attached hydrogens (primary N) is 4. The number of aromatic nitrogens is 16. The standard InChI is InChI=1S/C40H49N20O19P3S3/c41-37-49-29-25(33(63)53-37)45-9-57(29)21-1-13(62)18(74-21)6-70-80(67,83)78-15-3-23(59-11-47-27-31(59)51-39(43)55-35(27)65)76-20(15)8-72-82(69,85)79-16-4-24(60-12-48-28-32(60)52-40(44)56-36(28)66)75-19(16)7-71-81(68,84)77-14-2-22(73-17(14)5-61)58-10-46-26-30(58)50-38(42)54-34(26)64/h9-24,61-62H,1-8H2,(H,67,83)(H,68,84)(H,69,85)(H3,41,49,53,63)(H3,42,50,54,64)(H3,43,51,55,65)(H3,44,52,56,66). The molecule has 15 atom stereocenters. The molecule has 0 aromatic carbocycles. The molecule has 8 aromatic rings. The second kappa shape index (κ2) is 22.9. The first-order valence-electron chi connectivity index (χ1n) is 25.2. The van der Waals surface area contributed by atoms with Crippen molar-refractivity contribution in [3.05, 3.63) is 66.7 Å². The first kappa shape index (κ1) is 59.3. The summed E-state index contributed by atoms with van der Waals surface area (Å²) in [4.78, 5) is 128. The summed E-state index contributed by atoms with van der Waals surface area (Å²) in [6.45, 7) is -15.5. The Hall–Kier alpha value is -6.05. The summed E-state index contributed by atoms with van der Waals surface area (Å²) < 4.78 is 65.8. The van der Waals surface area contributed by atoms with Crippen LogP contribution in [-0.2, 0) is 81.5 Å². The monoisotopic (exact) mass is 1300 g/mol. The van der Waals surface area contributed by atoms with Crippen LogP contribution in [0.15, 0.2) is 44.5 Å². The van der Waals surface area contributed by atoms with Crippen LogP contribution >= 0.6 is 20.2 Å². The molecule has 0 amide bonds. The maximum Gasteiger partial charge on any atom is 0.324 e. The van der Waals surface area contributed by atoms with Crippen molar-refractivity contribution in [3.8, 4) is 0 Å². The molecule has 39 nitrogen and oxygen atoms in total. The van der Waals surface area contributed by atoms with E-state index in [9.17, 15) is 44.1 Å². The molecule has 4 aliphatic heterocycles. The van der Waals surface area contributed by atoms with Gasteiger partial charge in [-0.1, -0.05) is 0 Å². The predicted octanol–water partition coefficient (Wildman–Crippen LogP) is -2.79. The van der Waals surface area contributed by atoms with Crippen molar-refractivity contribution in [1.29, 1.82) is 0 Å². The lowest BCUT2D eigenvalue weighted by Crippen LogP contribution is -2.31. The lowest BCUT2D eigenvalue weighted by Gasteiger charge is -2.28. The highest BCUT2D eigenvalue weighted by Crippen LogP contribution is 2.54. The Morgan fingerprint density at radius 3 is 1.07 bits per heavy atom. The van der Waals surface area contributed by atoms with Crippen molar-refractivity contribution in [2.24, 2.45) is 0 Å². The van der Waals surface area contributed by atoms with Gasteiger partial charge in [0.25, 0.3) is 22.2 Å². The Morgan fingerprint density at radius 1 is 0.482 bits per heavy atom. The van der Waals surface area contributed by atoms with Crippen LogP contribution in [0.3, 0.4) is 0 Å². The number of aromatic amines is 4. The van der Waals surface area contributed by atoms with Gasteiger partial charge in [-0.15, -0.1) is 0 Å². The molecule has 8 aromatic heterocycles. The van der Waals surface area contributed by atoms with Crippen LogP contribution in [0.2, 0.25) is 0 Å². The Kier molecular flexibility index (Phi) is 16.0. The molecule has 12 rings (SSSR count). The Morgan fingerprint density at radius 2 is 0.753 bits per heavy atom. The average molecular weight is 1300 g/mol. The Bertz CT molecular complexity index is 4290. The van der Waals surface area contributed by atoms with Gasteiger partial charge in [0, 0.05) is 25.7 Å². The first-order valence-corrected chi connectivity index (χ1v) is 32.9. The minimum Gasteiger partial charge on any atom is -0.394 e. The SMILES string of the molecule is Nc1nc2c(ncn2C2CC(O)C(COP(O)(=S)OC3CC(n4cnc5c(=O)[nH]c(N)nc54)OC3COP(O)(=S)OC3CC(n4cnc5c(=O)[nH]c(N)nc54)OC3COP(O)(=S)OC3CC(n4cnc5c(=O)[nH]c(N)nc54)OC3CO)O2)c(=O)[nH]1. The van der Waals surface area contributed by atoms with Gasteiger partial charge in [-0.3, -0.25) is 57.4 Å². The van der Waals surface area contributed by atoms with E-state index in [0.29, 0.717) is 0 Å². The smallest absolute Gasteiger partial charge is 0.324 e. The topological polar surface area (TPSA) is 552 Å². The molecular formula is C40H49N20O19P3S3. The van der Waals surface area contributed by atoms with E-state index in [1.54, 1.807) is 0 Å². The van der Waals surface area contributed by atoms with Crippen LogP contribution in [0.1, 0.15) is 50.6 Å². The quantitative estimate of drug-likeness (QED) is 0.0343. The van der Waals surface area contributed by atoms with Crippen LogP contribution in [0, 0.1) is 0 Å². The molecule has 12 heterocycles. The molecule has 85 heavy (non-hydrogen) atoms. The molecular weight excluding hydrogens is 1250 g/mol. The highest BCUT2D eigenvalue weighted by molar-refractivity contribution is 8.07. The van der Waals surface area contributed by atoms with Gasteiger partial charge in [0.15, 0.2) is 44.7 Å². The molecule has 0 aliphatic carbocycles. The number of hydrogen-bond donors (Lipinski definition) is 13. The fourth-order valence-electron chi connectivity index (χ4n) is 10.2. The van der Waals surface area contributed by atoms with E-state index < -0.39 is 143 Å². The molecule has 17 N–H and O–H groups in total. The van der Waals surface area contributed by atoms with Gasteiger partial charge in [0.2, 0.25) is 23.8 Å². The molecule has 0 spiro atoms. The van der Waals surface area contributed by atoms with Gasteiger partial charge < -0.3 is 93.9 Å². The summed E-state index contributed by atoms with van der Waals surface area (Å²) in [6, 6.07) is 0. The lowest BCUT2D eigenvalue weighted by atomic mass is 10.2. The summed E-state index contributed by atoms with van der Waals surface area (Å²) in [5, 5.41) is 21.3. The zero-order chi connectivity index (χ0) is 60.0. The number of aliphatic hydroxyl groups is 2. The number of anilines is 4. The highest BCUT2D eigenvalue weighted by atomic mass is 32.5. The summed E-state index contributed by atoms with van der Waals surface area (Å²) in [5.41, 5.74) is 20.7. The van der Waals surface area contributed by atoms with Gasteiger partial charge in [0.1, 0.15) is 49.3 Å². The molecule has 15 unspecified atom stereocenters. The second-order valence-electron chi connectivity index (χ2n) is 19.5. The number of nitrogens with zero attached hydrogens (tertiary/aromatic N) is 12. The van der Waals surface area contributed by atoms with Crippen LogP contribution in [-0.4, -0.2) is 178 Å². The van der Waals surface area contributed by atoms with E-state index in [2.05, 4.69) is 59.8 Å². The summed E-state index contributed by atoms with van der Waals surface area (Å²) in [5.74, 6) is -0.839. The number of nitrogen functional groups attached to an aromatic ring is 4. The predicted molar refractivity (Wildman–Crippen MR) is 299 cm³/mol. The molecule has 4 aliphatic rings. The molecule has 456 valence electrons. The number of fused-ring (bicyclic) bond motifs is 4. The Balaban J connectivity index is 0.750. The number of H-pyrrole nitrogens is 4. The Labute approximate surface area is 486 Å². The summed E-state index contributed by atoms with van der Waals surface area (Å²) in [7, 11) is 0. The van der Waals surface area contributed by atoms with Crippen LogP contribution in [0.5, 0.6) is 0 Å². The van der Waals surface area contributed by atoms with E-state index in [1.165, 1.54) is 43.6 Å². The van der Waals surface area contributed by atoms with Gasteiger partial charge in [-0.2, -0.15) is 19.9 Å². The summed E-state index contributed by atoms with van der Waals surface area (Å²) >= 11 is 16.5. The van der Waals surface area contributed by atoms with E-state index in [1.807, 2.05) is 0 Å². The van der Waals surface area contributed by atoms with Crippen molar-refractivity contribution < 1.29 is 71.0 Å². The fourth-order valence-corrected chi connectivity index (χ4v) is 14.6. The number of aliphatic hydroxyl groups excluding tert-OH is 2. The number of nitrogens with one attached hydrogen (secondary N) is 4. The van der Waals surface area contributed by atoms with Gasteiger partial charge in [-0.25, -0.2) is 19.9 Å². The summed E-state index contributed by atoms with van der Waals surface area (Å²) in [6.07, 6.45) is -8.86. The van der Waals surface area contributed by atoms with Crippen molar-refractivity contribution >= 4 is 124 Å². The second-order valence-corrected chi connectivity index (χ2v) is 27.9. The first-order chi connectivity index (χ1) is 40.4. The van der Waals surface area contributed by atoms with Gasteiger partial charge in [0.05, 0.1) is 76.2 Å².